The van der Waals surface area contributed by atoms with Crippen molar-refractivity contribution in [2.24, 2.45) is 0 Å². The quantitative estimate of drug-likeness (QED) is 0.876. The van der Waals surface area contributed by atoms with E-state index in [9.17, 15) is 0 Å². The molecule has 0 bridgehead atoms. The van der Waals surface area contributed by atoms with Crippen LogP contribution in [-0.2, 0) is 5.75 Å². The molecule has 2 aromatic rings. The van der Waals surface area contributed by atoms with Crippen LogP contribution in [-0.4, -0.2) is 22.0 Å². The predicted octanol–water partition coefficient (Wildman–Crippen LogP) is 3.51. The molecule has 2 rings (SSSR count). The number of rotatable bonds is 4. The number of hydrogen-bond donors (Lipinski definition) is 1. The number of hydrogen-bond acceptors (Lipinski definition) is 5. The first kappa shape index (κ1) is 13.4. The third-order valence-electron chi connectivity index (χ3n) is 2.13. The molecule has 0 aliphatic rings. The molecule has 0 unspecified atom stereocenters. The van der Waals surface area contributed by atoms with E-state index >= 15 is 0 Å². The fourth-order valence-corrected chi connectivity index (χ4v) is 2.60. The van der Waals surface area contributed by atoms with Crippen LogP contribution < -0.4 is 5.32 Å². The smallest absolute Gasteiger partial charge is 0.228 e. The number of thioether (sulfide) groups is 1. The minimum Gasteiger partial charge on any atom is -0.357 e. The van der Waals surface area contributed by atoms with E-state index in [2.05, 4.69) is 20.3 Å². The summed E-state index contributed by atoms with van der Waals surface area (Å²) < 4.78 is 0. The zero-order valence-corrected chi connectivity index (χ0v) is 11.9. The minimum absolute atomic E-state index is 0.177. The Morgan fingerprint density at radius 3 is 2.67 bits per heavy atom. The zero-order chi connectivity index (χ0) is 13.0. The van der Waals surface area contributed by atoms with Gasteiger partial charge in [-0.3, -0.25) is 0 Å². The van der Waals surface area contributed by atoms with Crippen LogP contribution in [0.25, 0.3) is 0 Å². The van der Waals surface area contributed by atoms with Crippen molar-refractivity contribution in [1.29, 1.82) is 0 Å². The van der Waals surface area contributed by atoms with Gasteiger partial charge in [0.25, 0.3) is 0 Å². The lowest BCUT2D eigenvalue weighted by atomic mass is 10.2. The first-order valence-corrected chi connectivity index (χ1v) is 6.88. The summed E-state index contributed by atoms with van der Waals surface area (Å²) in [6, 6.07) is 7.67. The van der Waals surface area contributed by atoms with E-state index < -0.39 is 0 Å². The fourth-order valence-electron chi connectivity index (χ4n) is 1.27. The summed E-state index contributed by atoms with van der Waals surface area (Å²) in [5.74, 6) is 1.14. The molecule has 0 fully saturated rings. The average molecular weight is 301 g/mol. The second-order valence-corrected chi connectivity index (χ2v) is 5.03. The van der Waals surface area contributed by atoms with Crippen LogP contribution in [0.15, 0.2) is 29.4 Å². The number of nitrogens with zero attached hydrogens (tertiary/aromatic N) is 3. The van der Waals surface area contributed by atoms with Crippen molar-refractivity contribution < 1.29 is 0 Å². The Labute approximate surface area is 119 Å². The van der Waals surface area contributed by atoms with Gasteiger partial charge in [0, 0.05) is 17.8 Å². The van der Waals surface area contributed by atoms with Crippen LogP contribution in [0.2, 0.25) is 10.3 Å². The van der Waals surface area contributed by atoms with Crippen molar-refractivity contribution in [1.82, 2.24) is 15.0 Å². The van der Waals surface area contributed by atoms with Crippen molar-refractivity contribution in [3.63, 3.8) is 0 Å². The van der Waals surface area contributed by atoms with Gasteiger partial charge in [0.1, 0.15) is 0 Å². The maximum Gasteiger partial charge on any atom is 0.228 e. The molecule has 94 valence electrons. The van der Waals surface area contributed by atoms with Crippen molar-refractivity contribution in [3.8, 4) is 0 Å². The fraction of sp³-hybridized carbons (Fsp3) is 0.182. The summed E-state index contributed by atoms with van der Waals surface area (Å²) in [4.78, 5) is 12.2. The maximum absolute atomic E-state index is 6.08. The van der Waals surface area contributed by atoms with Crippen molar-refractivity contribution in [2.45, 2.75) is 10.9 Å². The molecule has 0 aliphatic carbocycles. The van der Waals surface area contributed by atoms with Crippen molar-refractivity contribution >= 4 is 40.9 Å². The summed E-state index contributed by atoms with van der Waals surface area (Å²) in [7, 11) is 1.73. The molecule has 4 nitrogen and oxygen atoms in total. The van der Waals surface area contributed by atoms with E-state index in [4.69, 9.17) is 23.2 Å². The highest BCUT2D eigenvalue weighted by Gasteiger charge is 2.06. The zero-order valence-electron chi connectivity index (χ0n) is 9.52. The summed E-state index contributed by atoms with van der Waals surface area (Å²) in [6.07, 6.45) is 0. The molecule has 0 aliphatic heterocycles. The van der Waals surface area contributed by atoms with Crippen LogP contribution >= 0.6 is 35.0 Å². The average Bonchev–Trinajstić information content (AvgIpc) is 2.37. The van der Waals surface area contributed by atoms with Gasteiger partial charge in [-0.05, 0) is 23.2 Å². The summed E-state index contributed by atoms with van der Waals surface area (Å²) in [5.41, 5.74) is 1.03. The molecule has 0 spiro atoms. The van der Waals surface area contributed by atoms with Gasteiger partial charge in [0.15, 0.2) is 5.16 Å². The lowest BCUT2D eigenvalue weighted by Crippen LogP contribution is -2.00. The lowest BCUT2D eigenvalue weighted by Gasteiger charge is -2.04. The number of anilines is 1. The molecule has 1 heterocycles. The van der Waals surface area contributed by atoms with Crippen LogP contribution in [0.1, 0.15) is 5.56 Å². The second kappa shape index (κ2) is 6.22. The Morgan fingerprint density at radius 2 is 1.94 bits per heavy atom. The molecule has 18 heavy (non-hydrogen) atoms. The molecular formula is C11H10Cl2N4S. The van der Waals surface area contributed by atoms with E-state index in [-0.39, 0.29) is 5.28 Å². The molecule has 0 saturated heterocycles. The predicted molar refractivity (Wildman–Crippen MR) is 75.4 cm³/mol. The highest BCUT2D eigenvalue weighted by Crippen LogP contribution is 2.25. The highest BCUT2D eigenvalue weighted by atomic mass is 35.5. The Kier molecular flexibility index (Phi) is 4.63. The first-order chi connectivity index (χ1) is 8.69. The molecule has 0 saturated carbocycles. The maximum atomic E-state index is 6.08. The van der Waals surface area contributed by atoms with Crippen LogP contribution in [0.3, 0.4) is 0 Å². The van der Waals surface area contributed by atoms with E-state index in [1.165, 1.54) is 11.8 Å². The summed E-state index contributed by atoms with van der Waals surface area (Å²) >= 11 is 13.3. The Hall–Kier alpha value is -1.04. The van der Waals surface area contributed by atoms with E-state index in [1.54, 1.807) is 7.05 Å². The lowest BCUT2D eigenvalue weighted by molar-refractivity contribution is 0.908. The van der Waals surface area contributed by atoms with Crippen molar-refractivity contribution in [2.75, 3.05) is 12.4 Å². The van der Waals surface area contributed by atoms with Gasteiger partial charge in [-0.25, -0.2) is 0 Å². The van der Waals surface area contributed by atoms with Gasteiger partial charge in [0.2, 0.25) is 11.2 Å². The number of nitrogens with one attached hydrogen (secondary N) is 1. The first-order valence-electron chi connectivity index (χ1n) is 5.14. The molecule has 7 heteroatoms. The topological polar surface area (TPSA) is 50.7 Å². The number of halogens is 2. The van der Waals surface area contributed by atoms with Gasteiger partial charge < -0.3 is 5.32 Å². The van der Waals surface area contributed by atoms with E-state index in [0.29, 0.717) is 16.9 Å². The molecule has 0 radical (unpaired) electrons. The summed E-state index contributed by atoms with van der Waals surface area (Å²) in [6.45, 7) is 0. The molecule has 1 aromatic carbocycles. The van der Waals surface area contributed by atoms with Crippen LogP contribution in [0.5, 0.6) is 0 Å². The minimum atomic E-state index is 0.177. The van der Waals surface area contributed by atoms with Gasteiger partial charge in [-0.2, -0.15) is 15.0 Å². The van der Waals surface area contributed by atoms with Gasteiger partial charge in [0.05, 0.1) is 0 Å². The number of benzene rings is 1. The monoisotopic (exact) mass is 300 g/mol. The van der Waals surface area contributed by atoms with E-state index in [1.807, 2.05) is 24.3 Å². The van der Waals surface area contributed by atoms with Gasteiger partial charge in [-0.1, -0.05) is 41.6 Å². The number of aromatic nitrogens is 3. The largest absolute Gasteiger partial charge is 0.357 e. The third-order valence-corrected chi connectivity index (χ3v) is 3.56. The molecule has 0 atom stereocenters. The van der Waals surface area contributed by atoms with Crippen molar-refractivity contribution in [3.05, 3.63) is 40.1 Å². The Morgan fingerprint density at radius 1 is 1.17 bits per heavy atom. The second-order valence-electron chi connectivity index (χ2n) is 3.34. The highest BCUT2D eigenvalue weighted by molar-refractivity contribution is 7.98. The molecule has 0 amide bonds. The summed E-state index contributed by atoms with van der Waals surface area (Å²) in [5, 5.41) is 4.31. The normalized spacial score (nSPS) is 10.4. The van der Waals surface area contributed by atoms with Crippen LogP contribution in [0, 0.1) is 0 Å². The van der Waals surface area contributed by atoms with Gasteiger partial charge >= 0.3 is 0 Å². The van der Waals surface area contributed by atoms with Crippen LogP contribution in [0.4, 0.5) is 5.95 Å². The Balaban J connectivity index is 2.11. The molecule has 1 aromatic heterocycles. The van der Waals surface area contributed by atoms with E-state index in [0.717, 1.165) is 10.6 Å². The van der Waals surface area contributed by atoms with Gasteiger partial charge in [-0.15, -0.1) is 0 Å². The SMILES string of the molecule is CNc1nc(Cl)nc(SCc2ccccc2Cl)n1. The standard InChI is InChI=1S/C11H10Cl2N4S/c1-14-10-15-9(13)16-11(17-10)18-6-7-4-2-3-5-8(7)12/h2-5H,6H2,1H3,(H,14,15,16,17). The molecular weight excluding hydrogens is 291 g/mol. The Bertz CT molecular complexity index is 550. The molecule has 1 N–H and O–H groups in total. The third kappa shape index (κ3) is 3.48.